The van der Waals surface area contributed by atoms with Gasteiger partial charge in [-0.05, 0) is 49.4 Å². The number of halogens is 2. The lowest BCUT2D eigenvalue weighted by atomic mass is 10.0. The van der Waals surface area contributed by atoms with Crippen LogP contribution in [0.4, 0.5) is 0 Å². The van der Waals surface area contributed by atoms with Gasteiger partial charge in [0.15, 0.2) is 6.10 Å². The third-order valence-electron chi connectivity index (χ3n) is 4.13. The van der Waals surface area contributed by atoms with Gasteiger partial charge in [0.1, 0.15) is 10.8 Å². The number of fused-ring (bicyclic) bond motifs is 1. The molecule has 0 spiro atoms. The lowest BCUT2D eigenvalue weighted by molar-refractivity contribution is -0.140. The van der Waals surface area contributed by atoms with Crippen molar-refractivity contribution in [2.45, 2.75) is 32.4 Å². The van der Waals surface area contributed by atoms with Gasteiger partial charge in [-0.3, -0.25) is 4.79 Å². The predicted octanol–water partition coefficient (Wildman–Crippen LogP) is 4.97. The van der Waals surface area contributed by atoms with Gasteiger partial charge in [-0.15, -0.1) is 11.3 Å². The molecule has 2 aromatic rings. The highest BCUT2D eigenvalue weighted by Gasteiger charge is 2.31. The average molecular weight is 370 g/mol. The molecule has 0 aliphatic carbocycles. The maximum atomic E-state index is 12.8. The van der Waals surface area contributed by atoms with Crippen molar-refractivity contribution < 1.29 is 9.53 Å². The minimum Gasteiger partial charge on any atom is -0.479 e. The largest absolute Gasteiger partial charge is 0.479 e. The predicted molar refractivity (Wildman–Crippen MR) is 94.7 cm³/mol. The first kappa shape index (κ1) is 16.6. The Kier molecular flexibility index (Phi) is 4.85. The van der Waals surface area contributed by atoms with Crippen LogP contribution in [-0.4, -0.2) is 23.5 Å². The highest BCUT2D eigenvalue weighted by atomic mass is 35.5. The molecule has 1 aliphatic rings. The summed E-state index contributed by atoms with van der Waals surface area (Å²) >= 11 is 13.9. The molecule has 3 nitrogen and oxygen atoms in total. The Hall–Kier alpha value is -1.23. The van der Waals surface area contributed by atoms with Gasteiger partial charge >= 0.3 is 0 Å². The second-order valence-corrected chi connectivity index (χ2v) is 7.35. The van der Waals surface area contributed by atoms with E-state index in [0.717, 1.165) is 6.42 Å². The number of rotatable bonds is 3. The van der Waals surface area contributed by atoms with Crippen LogP contribution in [0.15, 0.2) is 29.6 Å². The minimum atomic E-state index is -0.617. The maximum Gasteiger partial charge on any atom is 0.263 e. The molecule has 6 heteroatoms. The van der Waals surface area contributed by atoms with Gasteiger partial charge < -0.3 is 9.64 Å². The van der Waals surface area contributed by atoms with E-state index in [0.29, 0.717) is 22.3 Å². The molecule has 1 aromatic carbocycles. The summed E-state index contributed by atoms with van der Waals surface area (Å²) in [6.45, 7) is 4.52. The second kappa shape index (κ2) is 6.71. The summed E-state index contributed by atoms with van der Waals surface area (Å²) in [6, 6.07) is 7.33. The molecule has 0 N–H and O–H groups in total. The van der Waals surface area contributed by atoms with Crippen molar-refractivity contribution in [1.82, 2.24) is 4.90 Å². The molecule has 122 valence electrons. The van der Waals surface area contributed by atoms with Crippen LogP contribution in [0.25, 0.3) is 0 Å². The number of benzene rings is 1. The summed E-state index contributed by atoms with van der Waals surface area (Å²) in [5, 5.41) is 2.83. The van der Waals surface area contributed by atoms with E-state index < -0.39 is 6.10 Å². The lowest BCUT2D eigenvalue weighted by Gasteiger charge is -2.35. The summed E-state index contributed by atoms with van der Waals surface area (Å²) in [7, 11) is 0. The lowest BCUT2D eigenvalue weighted by Crippen LogP contribution is -2.44. The fraction of sp³-hybridized carbons (Fsp3) is 0.353. The molecular formula is C17H17Cl2NO2S. The fourth-order valence-electron chi connectivity index (χ4n) is 2.86. The molecule has 1 aromatic heterocycles. The number of hydrogen-bond acceptors (Lipinski definition) is 3. The molecule has 0 bridgehead atoms. The Morgan fingerprint density at radius 2 is 2.17 bits per heavy atom. The summed E-state index contributed by atoms with van der Waals surface area (Å²) < 4.78 is 5.75. The molecule has 0 radical (unpaired) electrons. The average Bonchev–Trinajstić information content (AvgIpc) is 3.01. The molecule has 3 rings (SSSR count). The number of carbonyl (C=O) groups excluding carboxylic acids is 1. The molecule has 0 unspecified atom stereocenters. The van der Waals surface area contributed by atoms with Crippen LogP contribution in [0, 0.1) is 0 Å². The number of carbonyl (C=O) groups is 1. The first-order valence-corrected chi connectivity index (χ1v) is 9.10. The van der Waals surface area contributed by atoms with Crippen LogP contribution in [0.1, 0.15) is 30.3 Å². The Labute approximate surface area is 149 Å². The van der Waals surface area contributed by atoms with Crippen molar-refractivity contribution in [2.75, 3.05) is 6.54 Å². The molecule has 2 heterocycles. The molecule has 0 saturated heterocycles. The third kappa shape index (κ3) is 3.21. The van der Waals surface area contributed by atoms with Crippen molar-refractivity contribution in [3.8, 4) is 5.75 Å². The topological polar surface area (TPSA) is 29.5 Å². The molecule has 2 atom stereocenters. The van der Waals surface area contributed by atoms with Gasteiger partial charge in [0.2, 0.25) is 0 Å². The van der Waals surface area contributed by atoms with E-state index in [2.05, 4.69) is 18.4 Å². The van der Waals surface area contributed by atoms with Crippen LogP contribution in [0.5, 0.6) is 5.75 Å². The first-order chi connectivity index (χ1) is 11.0. The summed E-state index contributed by atoms with van der Waals surface area (Å²) in [4.78, 5) is 16.0. The Bertz CT molecular complexity index is 731. The van der Waals surface area contributed by atoms with Gasteiger partial charge in [-0.25, -0.2) is 0 Å². The summed E-state index contributed by atoms with van der Waals surface area (Å²) in [6.07, 6.45) is 0.280. The van der Waals surface area contributed by atoms with E-state index in [-0.39, 0.29) is 11.9 Å². The van der Waals surface area contributed by atoms with Crippen molar-refractivity contribution in [1.29, 1.82) is 0 Å². The van der Waals surface area contributed by atoms with Crippen molar-refractivity contribution >= 4 is 40.4 Å². The smallest absolute Gasteiger partial charge is 0.263 e. The molecule has 23 heavy (non-hydrogen) atoms. The molecular weight excluding hydrogens is 353 g/mol. The van der Waals surface area contributed by atoms with Gasteiger partial charge in [-0.1, -0.05) is 29.3 Å². The molecule has 0 fully saturated rings. The number of ether oxygens (including phenoxy) is 1. The van der Waals surface area contributed by atoms with Crippen molar-refractivity contribution in [3.63, 3.8) is 0 Å². The van der Waals surface area contributed by atoms with Gasteiger partial charge in [-0.2, -0.15) is 0 Å². The van der Waals surface area contributed by atoms with E-state index in [9.17, 15) is 4.79 Å². The normalized spacial score (nSPS) is 18.4. The van der Waals surface area contributed by atoms with E-state index in [4.69, 9.17) is 27.9 Å². The van der Waals surface area contributed by atoms with Gasteiger partial charge in [0.05, 0.1) is 11.1 Å². The first-order valence-electron chi connectivity index (χ1n) is 7.46. The van der Waals surface area contributed by atoms with E-state index in [1.807, 2.05) is 4.90 Å². The van der Waals surface area contributed by atoms with Gasteiger partial charge in [0, 0.05) is 11.4 Å². The van der Waals surface area contributed by atoms with Crippen LogP contribution in [-0.2, 0) is 11.2 Å². The number of hydrogen-bond donors (Lipinski definition) is 0. The van der Waals surface area contributed by atoms with Crippen LogP contribution < -0.4 is 4.74 Å². The van der Waals surface area contributed by atoms with E-state index in [1.54, 1.807) is 36.5 Å². The maximum absolute atomic E-state index is 12.8. The number of nitrogens with zero attached hydrogens (tertiary/aromatic N) is 1. The quantitative estimate of drug-likeness (QED) is 0.764. The number of thiophene rings is 1. The highest BCUT2D eigenvalue weighted by Crippen LogP contribution is 2.35. The van der Waals surface area contributed by atoms with E-state index in [1.165, 1.54) is 10.4 Å². The van der Waals surface area contributed by atoms with Crippen LogP contribution >= 0.6 is 34.5 Å². The molecule has 0 saturated carbocycles. The zero-order chi connectivity index (χ0) is 16.6. The third-order valence-corrected chi connectivity index (χ3v) is 5.93. The van der Waals surface area contributed by atoms with Crippen LogP contribution in [0.2, 0.25) is 10.0 Å². The standard InChI is InChI=1S/C17H17Cl2NO2S/c1-10-12-7-9-23-15(12)6-8-20(10)17(21)11(2)22-14-5-3-4-13(18)16(14)19/h3-5,7,9-11H,6,8H2,1-2H3/t10-,11-/m1/s1. The molecule has 1 aliphatic heterocycles. The SMILES string of the molecule is C[C@@H]1c2ccsc2CCN1C(=O)[C@@H](C)Oc1cccc(Cl)c1Cl. The summed E-state index contributed by atoms with van der Waals surface area (Å²) in [5.41, 5.74) is 1.24. The zero-order valence-corrected chi connectivity index (χ0v) is 15.2. The number of amides is 1. The fourth-order valence-corrected chi connectivity index (χ4v) is 4.16. The molecule has 1 amide bonds. The Morgan fingerprint density at radius 1 is 1.39 bits per heavy atom. The summed E-state index contributed by atoms with van der Waals surface area (Å²) in [5.74, 6) is 0.395. The Morgan fingerprint density at radius 3 is 2.96 bits per heavy atom. The minimum absolute atomic E-state index is 0.0367. The van der Waals surface area contributed by atoms with Crippen LogP contribution in [0.3, 0.4) is 0 Å². The van der Waals surface area contributed by atoms with E-state index >= 15 is 0 Å². The monoisotopic (exact) mass is 369 g/mol. The van der Waals surface area contributed by atoms with Gasteiger partial charge in [0.25, 0.3) is 5.91 Å². The zero-order valence-electron chi connectivity index (χ0n) is 12.9. The highest BCUT2D eigenvalue weighted by molar-refractivity contribution is 7.10. The van der Waals surface area contributed by atoms with Crippen molar-refractivity contribution in [2.24, 2.45) is 0 Å². The Balaban J connectivity index is 1.74. The second-order valence-electron chi connectivity index (χ2n) is 5.57. The van der Waals surface area contributed by atoms with Crippen molar-refractivity contribution in [3.05, 3.63) is 50.1 Å².